The topological polar surface area (TPSA) is 43.4 Å². The van der Waals surface area contributed by atoms with Crippen molar-refractivity contribution in [3.8, 4) is 11.1 Å². The number of carbonyl (C=O) groups excluding carboxylic acids is 2. The number of allylic oxidation sites excluding steroid dienone is 2. The lowest BCUT2D eigenvalue weighted by Gasteiger charge is -2.26. The highest BCUT2D eigenvalue weighted by Crippen LogP contribution is 2.48. The minimum atomic E-state index is -0.419. The summed E-state index contributed by atoms with van der Waals surface area (Å²) in [5, 5.41) is -0.0536. The van der Waals surface area contributed by atoms with Crippen LogP contribution in [0, 0.1) is 17.7 Å². The van der Waals surface area contributed by atoms with Crippen LogP contribution in [0.5, 0.6) is 0 Å². The average Bonchev–Trinajstić information content (AvgIpc) is 3.19. The Labute approximate surface area is 191 Å². The van der Waals surface area contributed by atoms with Crippen LogP contribution >= 0.6 is 23.4 Å². The number of ether oxygens (including phenoxy) is 1. The standard InChI is InChI=1S/C25H24ClFO3S/c1-3-14-5-6-15(19-10-9-18(26)13-21(19)27)12-20(14)22-23(28)16-7-8-17(11-16)24(22)30-25(29)31-4-2/h5-6,9-10,12-13,16-17H,3-4,7-8,11H2,1-2H3/t16-,17+/m1/s1. The molecule has 2 aliphatic rings. The van der Waals surface area contributed by atoms with Gasteiger partial charge in [-0.25, -0.2) is 9.18 Å². The highest BCUT2D eigenvalue weighted by atomic mass is 35.5. The fraction of sp³-hybridized carbons (Fsp3) is 0.360. The van der Waals surface area contributed by atoms with E-state index in [1.54, 1.807) is 12.1 Å². The van der Waals surface area contributed by atoms with Gasteiger partial charge in [-0.2, -0.15) is 0 Å². The molecule has 2 aromatic rings. The van der Waals surface area contributed by atoms with E-state index in [1.165, 1.54) is 6.07 Å². The molecule has 31 heavy (non-hydrogen) atoms. The normalized spacial score (nSPS) is 20.3. The molecular weight excluding hydrogens is 435 g/mol. The maximum atomic E-state index is 14.6. The summed E-state index contributed by atoms with van der Waals surface area (Å²) in [4.78, 5) is 25.7. The number of rotatable bonds is 5. The van der Waals surface area contributed by atoms with E-state index in [-0.39, 0.29) is 22.9 Å². The predicted octanol–water partition coefficient (Wildman–Crippen LogP) is 7.31. The number of halogens is 2. The van der Waals surface area contributed by atoms with E-state index in [4.69, 9.17) is 16.3 Å². The molecule has 6 heteroatoms. The summed E-state index contributed by atoms with van der Waals surface area (Å²) >= 11 is 7.01. The number of Topliss-reactive ketones (excluding diaryl/α,β-unsaturated/α-hetero) is 1. The molecule has 2 aliphatic carbocycles. The molecule has 1 saturated carbocycles. The van der Waals surface area contributed by atoms with Crippen molar-refractivity contribution in [2.75, 3.05) is 5.75 Å². The SMILES string of the molecule is CCSC(=O)OC1=C(c2cc(-c3ccc(Cl)cc3F)ccc2CC)C(=O)[C@@H]2CC[C@H]1C2. The van der Waals surface area contributed by atoms with Crippen LogP contribution < -0.4 is 0 Å². The number of benzene rings is 2. The fourth-order valence-electron chi connectivity index (χ4n) is 4.63. The van der Waals surface area contributed by atoms with E-state index in [2.05, 4.69) is 0 Å². The predicted molar refractivity (Wildman–Crippen MR) is 124 cm³/mol. The monoisotopic (exact) mass is 458 g/mol. The molecule has 4 rings (SSSR count). The molecular formula is C25H24ClFO3S. The van der Waals surface area contributed by atoms with E-state index in [0.717, 1.165) is 42.2 Å². The van der Waals surface area contributed by atoms with Gasteiger partial charge in [0, 0.05) is 28.2 Å². The van der Waals surface area contributed by atoms with Crippen LogP contribution in [0.15, 0.2) is 42.2 Å². The Morgan fingerprint density at radius 1 is 1.13 bits per heavy atom. The lowest BCUT2D eigenvalue weighted by molar-refractivity contribution is -0.117. The average molecular weight is 459 g/mol. The molecule has 0 aromatic heterocycles. The van der Waals surface area contributed by atoms with E-state index in [0.29, 0.717) is 39.7 Å². The molecule has 3 nitrogen and oxygen atoms in total. The van der Waals surface area contributed by atoms with Gasteiger partial charge < -0.3 is 4.74 Å². The molecule has 162 valence electrons. The fourth-order valence-corrected chi connectivity index (χ4v) is 5.18. The van der Waals surface area contributed by atoms with Crippen LogP contribution in [0.3, 0.4) is 0 Å². The first-order chi connectivity index (χ1) is 14.9. The van der Waals surface area contributed by atoms with Gasteiger partial charge in [-0.3, -0.25) is 4.79 Å². The van der Waals surface area contributed by atoms with Crippen molar-refractivity contribution in [3.05, 3.63) is 64.1 Å². The summed E-state index contributed by atoms with van der Waals surface area (Å²) in [5.41, 5.74) is 3.28. The molecule has 2 atom stereocenters. The molecule has 2 aromatic carbocycles. The third-order valence-corrected chi connectivity index (χ3v) is 6.97. The van der Waals surface area contributed by atoms with Crippen molar-refractivity contribution in [2.45, 2.75) is 39.5 Å². The summed E-state index contributed by atoms with van der Waals surface area (Å²) < 4.78 is 20.4. The highest BCUT2D eigenvalue weighted by molar-refractivity contribution is 8.13. The summed E-state index contributed by atoms with van der Waals surface area (Å²) in [7, 11) is 0. The number of aryl methyl sites for hydroxylation is 1. The van der Waals surface area contributed by atoms with Crippen LogP contribution in [0.4, 0.5) is 9.18 Å². The first-order valence-electron chi connectivity index (χ1n) is 10.6. The van der Waals surface area contributed by atoms with Crippen molar-refractivity contribution >= 4 is 40.0 Å². The molecule has 0 saturated heterocycles. The smallest absolute Gasteiger partial charge is 0.372 e. The molecule has 0 spiro atoms. The first kappa shape index (κ1) is 22.1. The van der Waals surface area contributed by atoms with Gasteiger partial charge in [0.15, 0.2) is 5.78 Å². The Morgan fingerprint density at radius 2 is 1.90 bits per heavy atom. The van der Waals surface area contributed by atoms with Gasteiger partial charge in [0.1, 0.15) is 11.6 Å². The molecule has 0 amide bonds. The lowest BCUT2D eigenvalue weighted by Crippen LogP contribution is -2.24. The number of thioether (sulfide) groups is 1. The third kappa shape index (κ3) is 4.31. The lowest BCUT2D eigenvalue weighted by atomic mass is 9.81. The van der Waals surface area contributed by atoms with Gasteiger partial charge in [0.25, 0.3) is 0 Å². The Bertz CT molecular complexity index is 1080. The third-order valence-electron chi connectivity index (χ3n) is 6.12. The van der Waals surface area contributed by atoms with Gasteiger partial charge >= 0.3 is 5.30 Å². The zero-order valence-corrected chi connectivity index (χ0v) is 19.1. The Hall–Kier alpha value is -2.11. The quantitative estimate of drug-likeness (QED) is 0.440. The molecule has 0 N–H and O–H groups in total. The molecule has 1 fully saturated rings. The Morgan fingerprint density at radius 3 is 2.61 bits per heavy atom. The van der Waals surface area contributed by atoms with Crippen molar-refractivity contribution in [3.63, 3.8) is 0 Å². The highest BCUT2D eigenvalue weighted by Gasteiger charge is 2.43. The zero-order chi connectivity index (χ0) is 22.1. The molecule has 2 bridgehead atoms. The second-order valence-corrected chi connectivity index (χ2v) is 9.58. The van der Waals surface area contributed by atoms with Crippen molar-refractivity contribution in [1.29, 1.82) is 0 Å². The first-order valence-corrected chi connectivity index (χ1v) is 12.0. The second kappa shape index (κ2) is 9.17. The van der Waals surface area contributed by atoms with Gasteiger partial charge in [0.2, 0.25) is 0 Å². The van der Waals surface area contributed by atoms with Crippen LogP contribution in [-0.2, 0) is 16.0 Å². The van der Waals surface area contributed by atoms with Gasteiger partial charge in [0.05, 0.1) is 5.57 Å². The number of ketones is 1. The zero-order valence-electron chi connectivity index (χ0n) is 17.5. The second-order valence-electron chi connectivity index (χ2n) is 7.95. The van der Waals surface area contributed by atoms with Crippen molar-refractivity contribution in [1.82, 2.24) is 0 Å². The summed E-state index contributed by atoms with van der Waals surface area (Å²) in [6.45, 7) is 3.90. The van der Waals surface area contributed by atoms with Gasteiger partial charge in [-0.05, 0) is 78.4 Å². The van der Waals surface area contributed by atoms with Crippen LogP contribution in [0.25, 0.3) is 16.7 Å². The number of hydrogen-bond acceptors (Lipinski definition) is 4. The Kier molecular flexibility index (Phi) is 6.54. The van der Waals surface area contributed by atoms with Crippen LogP contribution in [0.2, 0.25) is 5.02 Å². The van der Waals surface area contributed by atoms with Crippen molar-refractivity contribution < 1.29 is 18.7 Å². The number of fused-ring (bicyclic) bond motifs is 2. The number of carbonyl (C=O) groups is 2. The number of hydrogen-bond donors (Lipinski definition) is 0. The largest absolute Gasteiger partial charge is 0.422 e. The van der Waals surface area contributed by atoms with E-state index < -0.39 is 5.82 Å². The van der Waals surface area contributed by atoms with Gasteiger partial charge in [-0.1, -0.05) is 37.6 Å². The summed E-state index contributed by atoms with van der Waals surface area (Å²) in [6, 6.07) is 10.2. The molecule has 0 aliphatic heterocycles. The minimum absolute atomic E-state index is 0.0291. The maximum absolute atomic E-state index is 14.6. The minimum Gasteiger partial charge on any atom is -0.422 e. The van der Waals surface area contributed by atoms with E-state index in [1.807, 2.05) is 32.0 Å². The maximum Gasteiger partial charge on any atom is 0.372 e. The van der Waals surface area contributed by atoms with E-state index >= 15 is 0 Å². The molecule has 0 radical (unpaired) electrons. The van der Waals surface area contributed by atoms with Gasteiger partial charge in [-0.15, -0.1) is 0 Å². The van der Waals surface area contributed by atoms with Crippen LogP contribution in [-0.4, -0.2) is 16.8 Å². The Balaban J connectivity index is 1.88. The summed E-state index contributed by atoms with van der Waals surface area (Å²) in [6.07, 6.45) is 3.08. The van der Waals surface area contributed by atoms with Crippen molar-refractivity contribution in [2.24, 2.45) is 11.8 Å². The summed E-state index contributed by atoms with van der Waals surface area (Å²) in [5.74, 6) is 0.739. The molecule has 0 heterocycles. The van der Waals surface area contributed by atoms with Crippen LogP contribution in [0.1, 0.15) is 44.2 Å². The van der Waals surface area contributed by atoms with E-state index in [9.17, 15) is 14.0 Å². The molecule has 0 unspecified atom stereocenters.